The molecule has 1 heterocycles. The highest BCUT2D eigenvalue weighted by atomic mass is 19.1. The van der Waals surface area contributed by atoms with Gasteiger partial charge in [-0.05, 0) is 12.1 Å². The van der Waals surface area contributed by atoms with E-state index in [-0.39, 0.29) is 5.75 Å². The highest BCUT2D eigenvalue weighted by molar-refractivity contribution is 5.54. The molecule has 0 fully saturated rings. The molecule has 0 aliphatic rings. The molecule has 0 unspecified atom stereocenters. The summed E-state index contributed by atoms with van der Waals surface area (Å²) in [6.45, 7) is 0. The minimum Gasteiger partial charge on any atom is -0.436 e. The van der Waals surface area contributed by atoms with Gasteiger partial charge in [0.1, 0.15) is 0 Å². The summed E-state index contributed by atoms with van der Waals surface area (Å²) in [4.78, 5) is 8.47. The summed E-state index contributed by atoms with van der Waals surface area (Å²) in [6.07, 6.45) is 1.59. The van der Waals surface area contributed by atoms with Gasteiger partial charge in [-0.15, -0.1) is 0 Å². The van der Waals surface area contributed by atoms with Gasteiger partial charge in [0.25, 0.3) is 0 Å². The Morgan fingerprint density at radius 2 is 1.60 bits per heavy atom. The van der Waals surface area contributed by atoms with Crippen LogP contribution in [-0.2, 0) is 0 Å². The Morgan fingerprint density at radius 3 is 2.40 bits per heavy atom. The average molecular weight is 266 g/mol. The second kappa shape index (κ2) is 5.48. The molecule has 0 N–H and O–H groups in total. The van der Waals surface area contributed by atoms with Crippen molar-refractivity contribution >= 4 is 0 Å². The monoisotopic (exact) mass is 266 g/mol. The number of nitrogens with zero attached hydrogens (tertiary/aromatic N) is 2. The zero-order valence-electron chi connectivity index (χ0n) is 10.5. The third kappa shape index (κ3) is 2.64. The van der Waals surface area contributed by atoms with Crippen molar-refractivity contribution < 1.29 is 9.13 Å². The summed E-state index contributed by atoms with van der Waals surface area (Å²) in [5, 5.41) is 0. The maximum absolute atomic E-state index is 13.5. The predicted octanol–water partition coefficient (Wildman–Crippen LogP) is 4.08. The van der Waals surface area contributed by atoms with Gasteiger partial charge >= 0.3 is 0 Å². The minimum absolute atomic E-state index is 0.144. The lowest BCUT2D eigenvalue weighted by molar-refractivity contribution is 0.427. The lowest BCUT2D eigenvalue weighted by Gasteiger charge is -2.06. The van der Waals surface area contributed by atoms with Crippen LogP contribution in [0, 0.1) is 5.82 Å². The van der Waals surface area contributed by atoms with Crippen molar-refractivity contribution in [2.45, 2.75) is 0 Å². The fourth-order valence-electron chi connectivity index (χ4n) is 1.77. The van der Waals surface area contributed by atoms with Crippen molar-refractivity contribution in [2.24, 2.45) is 0 Å². The Morgan fingerprint density at radius 1 is 0.850 bits per heavy atom. The number of aromatic nitrogens is 2. The van der Waals surface area contributed by atoms with E-state index in [9.17, 15) is 4.39 Å². The molecule has 0 amide bonds. The first-order valence-corrected chi connectivity index (χ1v) is 6.14. The summed E-state index contributed by atoms with van der Waals surface area (Å²) in [7, 11) is 0. The molecule has 3 nitrogen and oxygen atoms in total. The third-order valence-electron chi connectivity index (χ3n) is 2.71. The van der Waals surface area contributed by atoms with E-state index in [1.807, 2.05) is 30.3 Å². The summed E-state index contributed by atoms with van der Waals surface area (Å²) in [5.41, 5.74) is 0.881. The SMILES string of the molecule is Fc1ccccc1Oc1ccnc(-c2ccccc2)n1. The maximum atomic E-state index is 13.5. The van der Waals surface area contributed by atoms with E-state index in [0.29, 0.717) is 11.7 Å². The molecular formula is C16H11FN2O. The van der Waals surface area contributed by atoms with Gasteiger partial charge in [-0.25, -0.2) is 9.37 Å². The van der Waals surface area contributed by atoms with E-state index in [2.05, 4.69) is 9.97 Å². The van der Waals surface area contributed by atoms with Crippen molar-refractivity contribution in [3.05, 3.63) is 72.7 Å². The summed E-state index contributed by atoms with van der Waals surface area (Å²) in [6, 6.07) is 17.3. The molecule has 4 heteroatoms. The van der Waals surface area contributed by atoms with Crippen molar-refractivity contribution in [3.63, 3.8) is 0 Å². The van der Waals surface area contributed by atoms with E-state index >= 15 is 0 Å². The highest BCUT2D eigenvalue weighted by Gasteiger charge is 2.06. The molecule has 0 spiro atoms. The van der Waals surface area contributed by atoms with Crippen LogP contribution in [0.2, 0.25) is 0 Å². The number of ether oxygens (including phenoxy) is 1. The number of para-hydroxylation sites is 1. The molecular weight excluding hydrogens is 255 g/mol. The van der Waals surface area contributed by atoms with Crippen LogP contribution >= 0.6 is 0 Å². The van der Waals surface area contributed by atoms with Crippen LogP contribution in [0.1, 0.15) is 0 Å². The summed E-state index contributed by atoms with van der Waals surface area (Å²) >= 11 is 0. The van der Waals surface area contributed by atoms with Gasteiger partial charge in [0.2, 0.25) is 5.88 Å². The standard InChI is InChI=1S/C16H11FN2O/c17-13-8-4-5-9-14(13)20-15-10-11-18-16(19-15)12-6-2-1-3-7-12/h1-11H. The molecule has 0 atom stereocenters. The molecule has 0 bridgehead atoms. The molecule has 2 aromatic carbocycles. The van der Waals surface area contributed by atoms with E-state index in [4.69, 9.17) is 4.74 Å². The molecule has 20 heavy (non-hydrogen) atoms. The van der Waals surface area contributed by atoms with E-state index < -0.39 is 5.82 Å². The molecule has 1 aromatic heterocycles. The van der Waals surface area contributed by atoms with Crippen LogP contribution < -0.4 is 4.74 Å². The van der Waals surface area contributed by atoms with Crippen molar-refractivity contribution in [3.8, 4) is 23.0 Å². The maximum Gasteiger partial charge on any atom is 0.222 e. The van der Waals surface area contributed by atoms with Gasteiger partial charge in [0.05, 0.1) is 0 Å². The predicted molar refractivity (Wildman–Crippen MR) is 73.9 cm³/mol. The number of benzene rings is 2. The van der Waals surface area contributed by atoms with Gasteiger partial charge < -0.3 is 4.74 Å². The van der Waals surface area contributed by atoms with E-state index in [1.54, 1.807) is 30.5 Å². The second-order valence-electron chi connectivity index (χ2n) is 4.12. The van der Waals surface area contributed by atoms with Crippen LogP contribution in [0.25, 0.3) is 11.4 Å². The largest absolute Gasteiger partial charge is 0.436 e. The lowest BCUT2D eigenvalue weighted by atomic mass is 10.2. The Balaban J connectivity index is 1.91. The van der Waals surface area contributed by atoms with Crippen molar-refractivity contribution in [2.75, 3.05) is 0 Å². The first kappa shape index (κ1) is 12.3. The number of hydrogen-bond acceptors (Lipinski definition) is 3. The van der Waals surface area contributed by atoms with Crippen molar-refractivity contribution in [1.29, 1.82) is 0 Å². The first-order valence-electron chi connectivity index (χ1n) is 6.14. The number of halogens is 1. The molecule has 0 saturated carbocycles. The molecule has 3 aromatic rings. The van der Waals surface area contributed by atoms with Crippen LogP contribution in [0.15, 0.2) is 66.9 Å². The van der Waals surface area contributed by atoms with Gasteiger partial charge in [0.15, 0.2) is 17.4 Å². The van der Waals surface area contributed by atoms with Gasteiger partial charge in [0, 0.05) is 17.8 Å². The summed E-state index contributed by atoms with van der Waals surface area (Å²) < 4.78 is 19.0. The Labute approximate surface area is 115 Å². The number of rotatable bonds is 3. The minimum atomic E-state index is -0.424. The number of hydrogen-bond donors (Lipinski definition) is 0. The molecule has 98 valence electrons. The van der Waals surface area contributed by atoms with Crippen molar-refractivity contribution in [1.82, 2.24) is 9.97 Å². The zero-order chi connectivity index (χ0) is 13.8. The highest BCUT2D eigenvalue weighted by Crippen LogP contribution is 2.24. The fraction of sp³-hybridized carbons (Fsp3) is 0. The topological polar surface area (TPSA) is 35.0 Å². The molecule has 0 radical (unpaired) electrons. The van der Waals surface area contributed by atoms with Crippen LogP contribution in [0.5, 0.6) is 11.6 Å². The quantitative estimate of drug-likeness (QED) is 0.716. The zero-order valence-corrected chi connectivity index (χ0v) is 10.5. The van der Waals surface area contributed by atoms with Crippen LogP contribution in [-0.4, -0.2) is 9.97 Å². The third-order valence-corrected chi connectivity index (χ3v) is 2.71. The first-order chi connectivity index (χ1) is 9.83. The van der Waals surface area contributed by atoms with E-state index in [1.165, 1.54) is 6.07 Å². The molecule has 3 rings (SSSR count). The molecule has 0 aliphatic carbocycles. The van der Waals surface area contributed by atoms with E-state index in [0.717, 1.165) is 5.56 Å². The lowest BCUT2D eigenvalue weighted by Crippen LogP contribution is -1.94. The second-order valence-corrected chi connectivity index (χ2v) is 4.12. The average Bonchev–Trinajstić information content (AvgIpc) is 2.51. The molecule has 0 aliphatic heterocycles. The van der Waals surface area contributed by atoms with Gasteiger partial charge in [-0.2, -0.15) is 4.98 Å². The van der Waals surface area contributed by atoms with Crippen LogP contribution in [0.3, 0.4) is 0 Å². The smallest absolute Gasteiger partial charge is 0.222 e. The molecule has 0 saturated heterocycles. The normalized spacial score (nSPS) is 10.2. The summed E-state index contributed by atoms with van der Waals surface area (Å²) in [5.74, 6) is 0.570. The Bertz CT molecular complexity index is 716. The van der Waals surface area contributed by atoms with Gasteiger partial charge in [-0.3, -0.25) is 0 Å². The Hall–Kier alpha value is -2.75. The van der Waals surface area contributed by atoms with Gasteiger partial charge in [-0.1, -0.05) is 42.5 Å². The Kier molecular flexibility index (Phi) is 3.37. The fourth-order valence-corrected chi connectivity index (χ4v) is 1.77. The van der Waals surface area contributed by atoms with Crippen LogP contribution in [0.4, 0.5) is 4.39 Å².